The predicted octanol–water partition coefficient (Wildman–Crippen LogP) is 4.93. The van der Waals surface area contributed by atoms with Crippen LogP contribution in [0.4, 0.5) is 14.5 Å². The maximum atomic E-state index is 13.8. The average Bonchev–Trinajstić information content (AvgIpc) is 2.48. The Labute approximate surface area is 123 Å². The summed E-state index contributed by atoms with van der Waals surface area (Å²) in [5, 5.41) is 3.26. The van der Waals surface area contributed by atoms with Gasteiger partial charge in [-0.05, 0) is 43.2 Å². The standard InChI is InChI=1S/C17H19F2NO/c1-3-16(12-5-7-13(18)8-6-12)20-14-9-10-17(21-4-2)15(19)11-14/h5-11,16,20H,3-4H2,1-2H3. The van der Waals surface area contributed by atoms with Crippen molar-refractivity contribution in [1.29, 1.82) is 0 Å². The molecule has 0 spiro atoms. The molecule has 1 unspecified atom stereocenters. The van der Waals surface area contributed by atoms with E-state index in [2.05, 4.69) is 5.32 Å². The van der Waals surface area contributed by atoms with Gasteiger partial charge in [0.1, 0.15) is 5.82 Å². The van der Waals surface area contributed by atoms with Crippen molar-refractivity contribution in [3.8, 4) is 5.75 Å². The summed E-state index contributed by atoms with van der Waals surface area (Å²) < 4.78 is 32.0. The van der Waals surface area contributed by atoms with Gasteiger partial charge in [0.2, 0.25) is 0 Å². The van der Waals surface area contributed by atoms with E-state index < -0.39 is 5.82 Å². The topological polar surface area (TPSA) is 21.3 Å². The van der Waals surface area contributed by atoms with Crippen molar-refractivity contribution in [2.24, 2.45) is 0 Å². The van der Waals surface area contributed by atoms with Crippen molar-refractivity contribution in [3.63, 3.8) is 0 Å². The average molecular weight is 291 g/mol. The lowest BCUT2D eigenvalue weighted by molar-refractivity contribution is 0.321. The van der Waals surface area contributed by atoms with Gasteiger partial charge in [0, 0.05) is 11.8 Å². The summed E-state index contributed by atoms with van der Waals surface area (Å²) in [6.45, 7) is 4.26. The Hall–Kier alpha value is -2.10. The second-order valence-corrected chi connectivity index (χ2v) is 4.73. The molecule has 0 saturated heterocycles. The number of hydrogen-bond donors (Lipinski definition) is 1. The van der Waals surface area contributed by atoms with Crippen molar-refractivity contribution >= 4 is 5.69 Å². The molecule has 0 bridgehead atoms. The molecule has 0 aliphatic carbocycles. The van der Waals surface area contributed by atoms with Crippen LogP contribution in [0, 0.1) is 11.6 Å². The van der Waals surface area contributed by atoms with Crippen LogP contribution >= 0.6 is 0 Å². The lowest BCUT2D eigenvalue weighted by Gasteiger charge is -2.19. The van der Waals surface area contributed by atoms with E-state index in [4.69, 9.17) is 4.74 Å². The zero-order valence-electron chi connectivity index (χ0n) is 12.2. The van der Waals surface area contributed by atoms with E-state index in [0.717, 1.165) is 12.0 Å². The molecule has 1 atom stereocenters. The van der Waals surface area contributed by atoms with Crippen molar-refractivity contribution in [2.45, 2.75) is 26.3 Å². The molecule has 2 nitrogen and oxygen atoms in total. The Morgan fingerprint density at radius 3 is 2.33 bits per heavy atom. The van der Waals surface area contributed by atoms with E-state index in [1.54, 1.807) is 24.3 Å². The number of anilines is 1. The van der Waals surface area contributed by atoms with Crippen LogP contribution < -0.4 is 10.1 Å². The van der Waals surface area contributed by atoms with Crippen LogP contribution in [-0.2, 0) is 0 Å². The summed E-state index contributed by atoms with van der Waals surface area (Å²) in [5.74, 6) is -0.408. The molecule has 2 rings (SSSR count). The normalized spacial score (nSPS) is 12.0. The molecule has 0 saturated carbocycles. The minimum absolute atomic E-state index is 0.00273. The summed E-state index contributed by atoms with van der Waals surface area (Å²) in [6.07, 6.45) is 0.806. The van der Waals surface area contributed by atoms with Gasteiger partial charge in [-0.25, -0.2) is 8.78 Å². The SMILES string of the molecule is CCOc1ccc(NC(CC)c2ccc(F)cc2)cc1F. The molecule has 21 heavy (non-hydrogen) atoms. The first-order valence-corrected chi connectivity index (χ1v) is 7.08. The fourth-order valence-electron chi connectivity index (χ4n) is 2.18. The zero-order valence-corrected chi connectivity index (χ0v) is 12.2. The summed E-state index contributed by atoms with van der Waals surface area (Å²) >= 11 is 0. The molecular formula is C17H19F2NO. The third-order valence-electron chi connectivity index (χ3n) is 3.25. The fraction of sp³-hybridized carbons (Fsp3) is 0.294. The number of ether oxygens (including phenoxy) is 1. The van der Waals surface area contributed by atoms with E-state index in [-0.39, 0.29) is 17.6 Å². The van der Waals surface area contributed by atoms with Gasteiger partial charge in [0.25, 0.3) is 0 Å². The molecule has 4 heteroatoms. The molecule has 112 valence electrons. The van der Waals surface area contributed by atoms with Crippen LogP contribution in [0.5, 0.6) is 5.75 Å². The molecule has 0 radical (unpaired) electrons. The summed E-state index contributed by atoms with van der Waals surface area (Å²) in [6, 6.07) is 11.1. The van der Waals surface area contributed by atoms with Gasteiger partial charge < -0.3 is 10.1 Å². The Bertz CT molecular complexity index is 584. The summed E-state index contributed by atoms with van der Waals surface area (Å²) in [4.78, 5) is 0. The Morgan fingerprint density at radius 1 is 1.05 bits per heavy atom. The van der Waals surface area contributed by atoms with Crippen LogP contribution in [0.1, 0.15) is 31.9 Å². The lowest BCUT2D eigenvalue weighted by atomic mass is 10.0. The van der Waals surface area contributed by atoms with E-state index >= 15 is 0 Å². The highest BCUT2D eigenvalue weighted by molar-refractivity contribution is 5.49. The highest BCUT2D eigenvalue weighted by Crippen LogP contribution is 2.26. The molecule has 0 amide bonds. The number of halogens is 2. The third kappa shape index (κ3) is 3.94. The minimum atomic E-state index is -0.393. The molecule has 0 aromatic heterocycles. The third-order valence-corrected chi connectivity index (χ3v) is 3.25. The zero-order chi connectivity index (χ0) is 15.2. The monoisotopic (exact) mass is 291 g/mol. The van der Waals surface area contributed by atoms with Crippen molar-refractivity contribution in [1.82, 2.24) is 0 Å². The van der Waals surface area contributed by atoms with Crippen LogP contribution in [0.15, 0.2) is 42.5 Å². The first kappa shape index (κ1) is 15.3. The number of rotatable bonds is 6. The second-order valence-electron chi connectivity index (χ2n) is 4.73. The number of nitrogens with one attached hydrogen (secondary N) is 1. The van der Waals surface area contributed by atoms with Gasteiger partial charge in [-0.1, -0.05) is 19.1 Å². The molecule has 1 N–H and O–H groups in total. The smallest absolute Gasteiger partial charge is 0.167 e. The largest absolute Gasteiger partial charge is 0.491 e. The highest BCUT2D eigenvalue weighted by Gasteiger charge is 2.11. The van der Waals surface area contributed by atoms with Crippen molar-refractivity contribution in [3.05, 3.63) is 59.7 Å². The van der Waals surface area contributed by atoms with Crippen molar-refractivity contribution in [2.75, 3.05) is 11.9 Å². The van der Waals surface area contributed by atoms with Gasteiger partial charge in [-0.3, -0.25) is 0 Å². The maximum Gasteiger partial charge on any atom is 0.167 e. The molecular weight excluding hydrogens is 272 g/mol. The number of hydrogen-bond acceptors (Lipinski definition) is 2. The quantitative estimate of drug-likeness (QED) is 0.815. The number of benzene rings is 2. The highest BCUT2D eigenvalue weighted by atomic mass is 19.1. The molecule has 0 aliphatic rings. The van der Waals surface area contributed by atoms with Gasteiger partial charge in [0.05, 0.1) is 12.6 Å². The molecule has 0 aliphatic heterocycles. The van der Waals surface area contributed by atoms with Crippen LogP contribution in [-0.4, -0.2) is 6.61 Å². The first-order valence-electron chi connectivity index (χ1n) is 7.08. The molecule has 2 aromatic rings. The molecule has 2 aromatic carbocycles. The van der Waals surface area contributed by atoms with Crippen LogP contribution in [0.2, 0.25) is 0 Å². The predicted molar refractivity (Wildman–Crippen MR) is 80.6 cm³/mol. The second kappa shape index (κ2) is 7.07. The van der Waals surface area contributed by atoms with Crippen LogP contribution in [0.25, 0.3) is 0 Å². The Balaban J connectivity index is 2.15. The van der Waals surface area contributed by atoms with Crippen molar-refractivity contribution < 1.29 is 13.5 Å². The Morgan fingerprint density at radius 2 is 1.76 bits per heavy atom. The van der Waals surface area contributed by atoms with E-state index in [1.807, 2.05) is 13.8 Å². The molecule has 0 fully saturated rings. The van der Waals surface area contributed by atoms with Crippen LogP contribution in [0.3, 0.4) is 0 Å². The van der Waals surface area contributed by atoms with Gasteiger partial charge in [0.15, 0.2) is 11.6 Å². The lowest BCUT2D eigenvalue weighted by Crippen LogP contribution is -2.10. The van der Waals surface area contributed by atoms with Gasteiger partial charge in [-0.2, -0.15) is 0 Å². The van der Waals surface area contributed by atoms with Gasteiger partial charge >= 0.3 is 0 Å². The van der Waals surface area contributed by atoms with E-state index in [0.29, 0.717) is 12.3 Å². The molecule has 0 heterocycles. The summed E-state index contributed by atoms with van der Waals surface area (Å²) in [5.41, 5.74) is 1.64. The first-order chi connectivity index (χ1) is 10.1. The fourth-order valence-corrected chi connectivity index (χ4v) is 2.18. The minimum Gasteiger partial charge on any atom is -0.491 e. The van der Waals surface area contributed by atoms with E-state index in [9.17, 15) is 8.78 Å². The maximum absolute atomic E-state index is 13.8. The Kier molecular flexibility index (Phi) is 5.14. The van der Waals surface area contributed by atoms with Gasteiger partial charge in [-0.15, -0.1) is 0 Å². The summed E-state index contributed by atoms with van der Waals surface area (Å²) in [7, 11) is 0. The van der Waals surface area contributed by atoms with E-state index in [1.165, 1.54) is 18.2 Å².